The first-order valence-electron chi connectivity index (χ1n) is 7.97. The predicted octanol–water partition coefficient (Wildman–Crippen LogP) is 1.62. The van der Waals surface area contributed by atoms with Crippen LogP contribution in [0, 0.1) is 0 Å². The smallest absolute Gasteiger partial charge is 0.289 e. The number of ether oxygens (including phenoxy) is 2. The number of hydrogen-bond donors (Lipinski definition) is 0. The summed E-state index contributed by atoms with van der Waals surface area (Å²) in [6, 6.07) is 9.01. The molecule has 1 fully saturated rings. The highest BCUT2D eigenvalue weighted by Gasteiger charge is 2.24. The van der Waals surface area contributed by atoms with Crippen molar-refractivity contribution in [2.24, 2.45) is 0 Å². The molecule has 0 saturated carbocycles. The monoisotopic (exact) mass is 344 g/mol. The predicted molar refractivity (Wildman–Crippen MR) is 92.6 cm³/mol. The van der Waals surface area contributed by atoms with Crippen LogP contribution in [0.5, 0.6) is 11.5 Å². The summed E-state index contributed by atoms with van der Waals surface area (Å²) in [6.07, 6.45) is 1.17. The molecule has 0 unspecified atom stereocenters. The third-order valence-electron chi connectivity index (χ3n) is 4.23. The van der Waals surface area contributed by atoms with E-state index in [4.69, 9.17) is 13.9 Å². The van der Waals surface area contributed by atoms with Gasteiger partial charge in [0.25, 0.3) is 5.91 Å². The van der Waals surface area contributed by atoms with E-state index in [2.05, 4.69) is 4.90 Å². The van der Waals surface area contributed by atoms with Gasteiger partial charge < -0.3 is 23.7 Å². The molecule has 1 aliphatic rings. The van der Waals surface area contributed by atoms with Gasteiger partial charge in [-0.2, -0.15) is 0 Å². The Bertz CT molecular complexity index is 792. The molecule has 2 heterocycles. The molecule has 0 atom stereocenters. The highest BCUT2D eigenvalue weighted by atomic mass is 16.5. The molecule has 1 saturated heterocycles. The van der Waals surface area contributed by atoms with E-state index in [1.165, 1.54) is 19.4 Å². The molecule has 1 aromatic carbocycles. The van der Waals surface area contributed by atoms with E-state index < -0.39 is 0 Å². The van der Waals surface area contributed by atoms with Crippen LogP contribution < -0.4 is 19.8 Å². The van der Waals surface area contributed by atoms with Gasteiger partial charge >= 0.3 is 0 Å². The van der Waals surface area contributed by atoms with Crippen molar-refractivity contribution in [2.75, 3.05) is 45.3 Å². The number of methoxy groups -OCH3 is 2. The lowest BCUT2D eigenvalue weighted by Gasteiger charge is -2.35. The lowest BCUT2D eigenvalue weighted by atomic mass is 10.2. The number of amides is 1. The van der Waals surface area contributed by atoms with Crippen molar-refractivity contribution in [1.82, 2.24) is 4.90 Å². The van der Waals surface area contributed by atoms with Crippen molar-refractivity contribution in [2.45, 2.75) is 0 Å². The van der Waals surface area contributed by atoms with Gasteiger partial charge in [0, 0.05) is 37.9 Å². The fraction of sp³-hybridized carbons (Fsp3) is 0.333. The van der Waals surface area contributed by atoms with Gasteiger partial charge in [0.2, 0.25) is 11.2 Å². The Kier molecular flexibility index (Phi) is 4.92. The zero-order valence-electron chi connectivity index (χ0n) is 14.2. The number of carbonyl (C=O) groups excluding carboxylic acids is 1. The zero-order chi connectivity index (χ0) is 17.8. The quantitative estimate of drug-likeness (QED) is 0.839. The van der Waals surface area contributed by atoms with Crippen molar-refractivity contribution >= 4 is 11.6 Å². The Hall–Kier alpha value is -2.96. The number of hydrogen-bond acceptors (Lipinski definition) is 6. The maximum Gasteiger partial charge on any atom is 0.289 e. The van der Waals surface area contributed by atoms with Gasteiger partial charge in [-0.05, 0) is 24.3 Å². The molecule has 0 spiro atoms. The SMILES string of the molecule is COc1ccc(N2CCN(C(=O)c3cc(=O)c(OC)co3)CC2)cc1. The van der Waals surface area contributed by atoms with Gasteiger partial charge in [-0.25, -0.2) is 0 Å². The molecule has 1 aliphatic heterocycles. The van der Waals surface area contributed by atoms with Gasteiger partial charge in [0.05, 0.1) is 14.2 Å². The first-order chi connectivity index (χ1) is 12.1. The van der Waals surface area contributed by atoms with Gasteiger partial charge in [-0.3, -0.25) is 9.59 Å². The highest BCUT2D eigenvalue weighted by molar-refractivity contribution is 5.91. The second-order valence-electron chi connectivity index (χ2n) is 5.65. The summed E-state index contributed by atoms with van der Waals surface area (Å²) in [6.45, 7) is 2.53. The van der Waals surface area contributed by atoms with E-state index in [0.29, 0.717) is 26.2 Å². The summed E-state index contributed by atoms with van der Waals surface area (Å²) in [5.74, 6) is 0.644. The third-order valence-corrected chi connectivity index (χ3v) is 4.23. The average Bonchev–Trinajstić information content (AvgIpc) is 2.67. The highest BCUT2D eigenvalue weighted by Crippen LogP contribution is 2.21. The van der Waals surface area contributed by atoms with Crippen LogP contribution in [0.25, 0.3) is 0 Å². The van der Waals surface area contributed by atoms with Crippen LogP contribution in [0.3, 0.4) is 0 Å². The van der Waals surface area contributed by atoms with E-state index in [1.807, 2.05) is 24.3 Å². The third kappa shape index (κ3) is 3.60. The molecule has 1 aromatic heterocycles. The number of piperazine rings is 1. The second-order valence-corrected chi connectivity index (χ2v) is 5.65. The Morgan fingerprint density at radius 3 is 2.28 bits per heavy atom. The van der Waals surface area contributed by atoms with Crippen LogP contribution in [-0.4, -0.2) is 51.2 Å². The largest absolute Gasteiger partial charge is 0.497 e. The Morgan fingerprint density at radius 1 is 1.04 bits per heavy atom. The average molecular weight is 344 g/mol. The maximum atomic E-state index is 12.5. The lowest BCUT2D eigenvalue weighted by molar-refractivity contribution is 0.0711. The molecule has 7 nitrogen and oxygen atoms in total. The second kappa shape index (κ2) is 7.29. The molecule has 1 amide bonds. The van der Waals surface area contributed by atoms with Crippen LogP contribution >= 0.6 is 0 Å². The Morgan fingerprint density at radius 2 is 1.72 bits per heavy atom. The molecule has 0 radical (unpaired) electrons. The number of nitrogens with zero attached hydrogens (tertiary/aromatic N) is 2. The number of rotatable bonds is 4. The summed E-state index contributed by atoms with van der Waals surface area (Å²) >= 11 is 0. The molecular weight excluding hydrogens is 324 g/mol. The van der Waals surface area contributed by atoms with Gasteiger partial charge in [0.1, 0.15) is 12.0 Å². The van der Waals surface area contributed by atoms with Crippen LogP contribution in [0.4, 0.5) is 5.69 Å². The van der Waals surface area contributed by atoms with Crippen LogP contribution in [0.1, 0.15) is 10.6 Å². The van der Waals surface area contributed by atoms with Crippen molar-refractivity contribution in [3.05, 3.63) is 52.6 Å². The lowest BCUT2D eigenvalue weighted by Crippen LogP contribution is -2.48. The molecule has 0 bridgehead atoms. The summed E-state index contributed by atoms with van der Waals surface area (Å²) in [5.41, 5.74) is 0.720. The number of carbonyl (C=O) groups is 1. The molecular formula is C18H20N2O5. The van der Waals surface area contributed by atoms with Crippen LogP contribution in [-0.2, 0) is 0 Å². The number of anilines is 1. The van der Waals surface area contributed by atoms with Gasteiger partial charge in [-0.1, -0.05) is 0 Å². The van der Waals surface area contributed by atoms with Crippen molar-refractivity contribution in [3.63, 3.8) is 0 Å². The normalized spacial score (nSPS) is 14.3. The molecule has 7 heteroatoms. The van der Waals surface area contributed by atoms with Gasteiger partial charge in [-0.15, -0.1) is 0 Å². The summed E-state index contributed by atoms with van der Waals surface area (Å²) < 4.78 is 15.3. The van der Waals surface area contributed by atoms with Gasteiger partial charge in [0.15, 0.2) is 5.76 Å². The minimum atomic E-state index is -0.367. The Labute approximate surface area is 145 Å². The maximum absolute atomic E-state index is 12.5. The minimum absolute atomic E-state index is 0.0312. The van der Waals surface area contributed by atoms with E-state index in [-0.39, 0.29) is 22.8 Å². The van der Waals surface area contributed by atoms with Crippen molar-refractivity contribution in [1.29, 1.82) is 0 Å². The standard InChI is InChI=1S/C18H20N2O5/c1-23-14-5-3-13(4-6-14)19-7-9-20(10-8-19)18(22)16-11-15(21)17(24-2)12-25-16/h3-6,11-12H,7-10H2,1-2H3. The van der Waals surface area contributed by atoms with Crippen molar-refractivity contribution < 1.29 is 18.7 Å². The summed E-state index contributed by atoms with van der Waals surface area (Å²) in [7, 11) is 3.02. The van der Waals surface area contributed by atoms with E-state index in [0.717, 1.165) is 11.4 Å². The molecule has 132 valence electrons. The van der Waals surface area contributed by atoms with E-state index in [9.17, 15) is 9.59 Å². The fourth-order valence-corrected chi connectivity index (χ4v) is 2.78. The molecule has 0 aliphatic carbocycles. The Balaban J connectivity index is 1.64. The molecule has 3 rings (SSSR count). The topological polar surface area (TPSA) is 72.2 Å². The zero-order valence-corrected chi connectivity index (χ0v) is 14.2. The number of benzene rings is 1. The van der Waals surface area contributed by atoms with Crippen LogP contribution in [0.15, 0.2) is 45.8 Å². The first kappa shape index (κ1) is 16.9. The minimum Gasteiger partial charge on any atom is -0.497 e. The summed E-state index contributed by atoms with van der Waals surface area (Å²) in [5, 5.41) is 0. The molecule has 25 heavy (non-hydrogen) atoms. The molecule has 2 aromatic rings. The van der Waals surface area contributed by atoms with E-state index in [1.54, 1.807) is 12.0 Å². The summed E-state index contributed by atoms with van der Waals surface area (Å²) in [4.78, 5) is 28.2. The van der Waals surface area contributed by atoms with E-state index >= 15 is 0 Å². The molecule has 0 N–H and O–H groups in total. The first-order valence-corrected chi connectivity index (χ1v) is 7.97. The van der Waals surface area contributed by atoms with Crippen molar-refractivity contribution in [3.8, 4) is 11.5 Å². The van der Waals surface area contributed by atoms with Crippen LogP contribution in [0.2, 0.25) is 0 Å². The fourth-order valence-electron chi connectivity index (χ4n) is 2.78.